The van der Waals surface area contributed by atoms with Crippen molar-refractivity contribution in [2.45, 2.75) is 81.2 Å². The molecule has 2 saturated carbocycles. The number of nitrogens with zero attached hydrogens (tertiary/aromatic N) is 1. The average Bonchev–Trinajstić information content (AvgIpc) is 3.25. The minimum absolute atomic E-state index is 0.154. The Hall–Kier alpha value is -1.99. The Morgan fingerprint density at radius 2 is 1.82 bits per heavy atom. The standard InChI is InChI=1S/C18H26F2N4O4/c1-16(19,20)10-13(14(25)24-17(11-21)6-7-17)23-15(26)22-12-2-4-18(5-3-12)27-8-9-28-18/h12-13H,2-10H2,1H3,(H,24,25)(H2,22,23,26)/t13-/m0/s1. The first kappa shape index (κ1) is 20.7. The van der Waals surface area contributed by atoms with Gasteiger partial charge in [0, 0.05) is 25.3 Å². The highest BCUT2D eigenvalue weighted by molar-refractivity contribution is 5.88. The molecule has 1 heterocycles. The zero-order valence-electron chi connectivity index (χ0n) is 15.9. The van der Waals surface area contributed by atoms with Gasteiger partial charge in [0.1, 0.15) is 11.6 Å². The van der Waals surface area contributed by atoms with Crippen molar-refractivity contribution >= 4 is 11.9 Å². The minimum Gasteiger partial charge on any atom is -0.348 e. The largest absolute Gasteiger partial charge is 0.348 e. The maximum atomic E-state index is 13.5. The van der Waals surface area contributed by atoms with E-state index in [-0.39, 0.29) is 6.04 Å². The van der Waals surface area contributed by atoms with Crippen molar-refractivity contribution in [1.82, 2.24) is 16.0 Å². The smallest absolute Gasteiger partial charge is 0.315 e. The number of ether oxygens (including phenoxy) is 2. The highest BCUT2D eigenvalue weighted by Crippen LogP contribution is 2.36. The van der Waals surface area contributed by atoms with E-state index in [9.17, 15) is 18.4 Å². The van der Waals surface area contributed by atoms with Gasteiger partial charge < -0.3 is 25.4 Å². The summed E-state index contributed by atoms with van der Waals surface area (Å²) in [4.78, 5) is 24.7. The van der Waals surface area contributed by atoms with E-state index in [1.165, 1.54) is 0 Å². The molecular formula is C18H26F2N4O4. The van der Waals surface area contributed by atoms with Gasteiger partial charge in [0.2, 0.25) is 11.8 Å². The molecule has 0 bridgehead atoms. The van der Waals surface area contributed by atoms with Crippen molar-refractivity contribution in [3.63, 3.8) is 0 Å². The van der Waals surface area contributed by atoms with Crippen molar-refractivity contribution in [3.05, 3.63) is 0 Å². The summed E-state index contributed by atoms with van der Waals surface area (Å²) in [6.45, 7) is 1.81. The van der Waals surface area contributed by atoms with Crippen LogP contribution in [0.1, 0.15) is 51.9 Å². The number of alkyl halides is 2. The second kappa shape index (κ2) is 7.79. The highest BCUT2D eigenvalue weighted by atomic mass is 19.3. The molecule has 28 heavy (non-hydrogen) atoms. The first-order chi connectivity index (χ1) is 13.1. The van der Waals surface area contributed by atoms with Crippen LogP contribution in [0.5, 0.6) is 0 Å². The number of carbonyl (C=O) groups excluding carboxylic acids is 2. The molecule has 1 aliphatic heterocycles. The van der Waals surface area contributed by atoms with Crippen molar-refractivity contribution in [3.8, 4) is 6.07 Å². The third-order valence-corrected chi connectivity index (χ3v) is 5.41. The monoisotopic (exact) mass is 400 g/mol. The summed E-state index contributed by atoms with van der Waals surface area (Å²) in [6, 6.07) is -0.291. The lowest BCUT2D eigenvalue weighted by atomic mass is 9.90. The van der Waals surface area contributed by atoms with Gasteiger partial charge in [0.25, 0.3) is 0 Å². The van der Waals surface area contributed by atoms with E-state index in [2.05, 4.69) is 16.0 Å². The molecule has 0 unspecified atom stereocenters. The maximum absolute atomic E-state index is 13.5. The van der Waals surface area contributed by atoms with Gasteiger partial charge in [-0.15, -0.1) is 0 Å². The molecule has 3 rings (SSSR count). The molecule has 8 nitrogen and oxygen atoms in total. The lowest BCUT2D eigenvalue weighted by Crippen LogP contribution is -2.55. The van der Waals surface area contributed by atoms with Crippen LogP contribution in [0.2, 0.25) is 0 Å². The summed E-state index contributed by atoms with van der Waals surface area (Å²) in [5.41, 5.74) is -0.991. The zero-order chi connectivity index (χ0) is 20.4. The summed E-state index contributed by atoms with van der Waals surface area (Å²) >= 11 is 0. The molecule has 2 aliphatic carbocycles. The van der Waals surface area contributed by atoms with E-state index in [0.717, 1.165) is 0 Å². The molecular weight excluding hydrogens is 374 g/mol. The van der Waals surface area contributed by atoms with E-state index in [4.69, 9.17) is 14.7 Å². The van der Waals surface area contributed by atoms with E-state index < -0.39 is 41.6 Å². The Bertz CT molecular complexity index is 641. The number of carbonyl (C=O) groups is 2. The fourth-order valence-corrected chi connectivity index (χ4v) is 3.65. The van der Waals surface area contributed by atoms with Gasteiger partial charge >= 0.3 is 6.03 Å². The van der Waals surface area contributed by atoms with Crippen molar-refractivity contribution < 1.29 is 27.8 Å². The van der Waals surface area contributed by atoms with Crippen LogP contribution in [-0.4, -0.2) is 54.5 Å². The predicted molar refractivity (Wildman–Crippen MR) is 93.3 cm³/mol. The number of halogens is 2. The lowest BCUT2D eigenvalue weighted by Gasteiger charge is -2.35. The predicted octanol–water partition coefficient (Wildman–Crippen LogP) is 1.56. The van der Waals surface area contributed by atoms with Crippen molar-refractivity contribution in [2.75, 3.05) is 13.2 Å². The Labute approximate surface area is 162 Å². The van der Waals surface area contributed by atoms with Crippen molar-refractivity contribution in [1.29, 1.82) is 5.26 Å². The first-order valence-corrected chi connectivity index (χ1v) is 9.60. The molecule has 3 aliphatic rings. The number of hydrogen-bond donors (Lipinski definition) is 3. The second-order valence-electron chi connectivity index (χ2n) is 8.01. The summed E-state index contributed by atoms with van der Waals surface area (Å²) in [5, 5.41) is 16.6. The van der Waals surface area contributed by atoms with Crippen LogP contribution in [0.25, 0.3) is 0 Å². The average molecular weight is 400 g/mol. The second-order valence-corrected chi connectivity index (χ2v) is 8.01. The highest BCUT2D eigenvalue weighted by Gasteiger charge is 2.46. The molecule has 1 saturated heterocycles. The van der Waals surface area contributed by atoms with Crippen LogP contribution in [-0.2, 0) is 14.3 Å². The molecule has 3 amide bonds. The Morgan fingerprint density at radius 1 is 1.21 bits per heavy atom. The van der Waals surface area contributed by atoms with Gasteiger partial charge in [-0.3, -0.25) is 4.79 Å². The minimum atomic E-state index is -3.15. The van der Waals surface area contributed by atoms with Gasteiger partial charge in [0.15, 0.2) is 5.79 Å². The first-order valence-electron chi connectivity index (χ1n) is 9.60. The molecule has 1 spiro atoms. The summed E-state index contributed by atoms with van der Waals surface area (Å²) in [7, 11) is 0. The molecule has 0 aromatic carbocycles. The maximum Gasteiger partial charge on any atom is 0.315 e. The molecule has 10 heteroatoms. The normalized spacial score (nSPS) is 24.2. The van der Waals surface area contributed by atoms with Crippen LogP contribution in [0.4, 0.5) is 13.6 Å². The van der Waals surface area contributed by atoms with E-state index in [1.54, 1.807) is 0 Å². The van der Waals surface area contributed by atoms with Crippen LogP contribution in [0, 0.1) is 11.3 Å². The molecule has 3 N–H and O–H groups in total. The SMILES string of the molecule is CC(F)(F)C[C@H](NC(=O)NC1CCC2(CC1)OCCO2)C(=O)NC1(C#N)CC1. The molecule has 3 fully saturated rings. The fourth-order valence-electron chi connectivity index (χ4n) is 3.65. The number of hydrogen-bond acceptors (Lipinski definition) is 5. The van der Waals surface area contributed by atoms with Crippen LogP contribution >= 0.6 is 0 Å². The van der Waals surface area contributed by atoms with E-state index in [0.29, 0.717) is 58.7 Å². The molecule has 0 radical (unpaired) electrons. The van der Waals surface area contributed by atoms with Crippen LogP contribution in [0.3, 0.4) is 0 Å². The number of amides is 3. The van der Waals surface area contributed by atoms with Crippen molar-refractivity contribution in [2.24, 2.45) is 0 Å². The van der Waals surface area contributed by atoms with Crippen LogP contribution in [0.15, 0.2) is 0 Å². The lowest BCUT2D eigenvalue weighted by molar-refractivity contribution is -0.179. The number of rotatable bonds is 6. The number of urea groups is 1. The van der Waals surface area contributed by atoms with Gasteiger partial charge in [0.05, 0.1) is 19.3 Å². The molecule has 156 valence electrons. The van der Waals surface area contributed by atoms with Gasteiger partial charge in [-0.25, -0.2) is 13.6 Å². The van der Waals surface area contributed by atoms with Gasteiger partial charge in [-0.1, -0.05) is 0 Å². The number of nitrogens with one attached hydrogen (secondary N) is 3. The summed E-state index contributed by atoms with van der Waals surface area (Å²) in [6.07, 6.45) is 2.65. The van der Waals surface area contributed by atoms with Gasteiger partial charge in [-0.05, 0) is 32.6 Å². The Kier molecular flexibility index (Phi) is 5.77. The number of nitriles is 1. The van der Waals surface area contributed by atoms with Gasteiger partial charge in [-0.2, -0.15) is 5.26 Å². The zero-order valence-corrected chi connectivity index (χ0v) is 15.9. The summed E-state index contributed by atoms with van der Waals surface area (Å²) in [5.74, 6) is -4.48. The third-order valence-electron chi connectivity index (χ3n) is 5.41. The molecule has 1 atom stereocenters. The third kappa shape index (κ3) is 5.29. The fraction of sp³-hybridized carbons (Fsp3) is 0.833. The molecule has 0 aromatic heterocycles. The summed E-state index contributed by atoms with van der Waals surface area (Å²) < 4.78 is 38.3. The van der Waals surface area contributed by atoms with E-state index in [1.807, 2.05) is 6.07 Å². The molecule has 0 aromatic rings. The van der Waals surface area contributed by atoms with Crippen LogP contribution < -0.4 is 16.0 Å². The Balaban J connectivity index is 1.52. The quantitative estimate of drug-likeness (QED) is 0.626. The van der Waals surface area contributed by atoms with E-state index >= 15 is 0 Å². The topological polar surface area (TPSA) is 112 Å². The Morgan fingerprint density at radius 3 is 2.32 bits per heavy atom.